The Bertz CT molecular complexity index is 936. The average molecular weight is 382 g/mol. The molecule has 0 bridgehead atoms. The van der Waals surface area contributed by atoms with Crippen LogP contribution in [0.25, 0.3) is 10.9 Å². The SMILES string of the molecule is O=C(c1cc2ccccc2[nH]1)N1CCCC(O)(COc2ccc(F)cc2)CC1. The lowest BCUT2D eigenvalue weighted by molar-refractivity contribution is -0.0163. The number of carbonyl (C=O) groups excluding carboxylic acids is 1. The molecule has 5 nitrogen and oxygen atoms in total. The highest BCUT2D eigenvalue weighted by atomic mass is 19.1. The maximum absolute atomic E-state index is 13.0. The van der Waals surface area contributed by atoms with Crippen LogP contribution in [0.15, 0.2) is 54.6 Å². The molecular weight excluding hydrogens is 359 g/mol. The van der Waals surface area contributed by atoms with Crippen molar-refractivity contribution in [2.75, 3.05) is 19.7 Å². The van der Waals surface area contributed by atoms with Gasteiger partial charge in [-0.15, -0.1) is 0 Å². The summed E-state index contributed by atoms with van der Waals surface area (Å²) in [6.45, 7) is 1.16. The molecule has 1 unspecified atom stereocenters. The van der Waals surface area contributed by atoms with Gasteiger partial charge in [0.1, 0.15) is 29.5 Å². The molecule has 1 fully saturated rings. The summed E-state index contributed by atoms with van der Waals surface area (Å²) < 4.78 is 18.6. The minimum Gasteiger partial charge on any atom is -0.491 e. The van der Waals surface area contributed by atoms with Gasteiger partial charge >= 0.3 is 0 Å². The van der Waals surface area contributed by atoms with Gasteiger partial charge in [0.2, 0.25) is 0 Å². The minimum absolute atomic E-state index is 0.0556. The fourth-order valence-corrected chi connectivity index (χ4v) is 3.63. The molecule has 28 heavy (non-hydrogen) atoms. The van der Waals surface area contributed by atoms with E-state index in [-0.39, 0.29) is 18.3 Å². The van der Waals surface area contributed by atoms with Crippen molar-refractivity contribution in [1.82, 2.24) is 9.88 Å². The number of H-pyrrole nitrogens is 1. The van der Waals surface area contributed by atoms with Crippen LogP contribution in [0.1, 0.15) is 29.8 Å². The Kier molecular flexibility index (Phi) is 5.05. The van der Waals surface area contributed by atoms with Gasteiger partial charge in [-0.2, -0.15) is 0 Å². The Morgan fingerprint density at radius 3 is 2.71 bits per heavy atom. The first-order valence-corrected chi connectivity index (χ1v) is 9.50. The topological polar surface area (TPSA) is 65.6 Å². The molecule has 1 atom stereocenters. The Morgan fingerprint density at radius 1 is 1.14 bits per heavy atom. The van der Waals surface area contributed by atoms with Gasteiger partial charge < -0.3 is 19.7 Å². The highest BCUT2D eigenvalue weighted by Gasteiger charge is 2.33. The number of aliphatic hydroxyl groups is 1. The molecule has 146 valence electrons. The van der Waals surface area contributed by atoms with Crippen LogP contribution < -0.4 is 4.74 Å². The van der Waals surface area contributed by atoms with E-state index >= 15 is 0 Å². The van der Waals surface area contributed by atoms with Crippen LogP contribution in [0.3, 0.4) is 0 Å². The van der Waals surface area contributed by atoms with Crippen LogP contribution in [-0.4, -0.2) is 46.2 Å². The quantitative estimate of drug-likeness (QED) is 0.722. The summed E-state index contributed by atoms with van der Waals surface area (Å²) in [6.07, 6.45) is 1.67. The third-order valence-electron chi connectivity index (χ3n) is 5.29. The van der Waals surface area contributed by atoms with Gasteiger partial charge in [-0.1, -0.05) is 18.2 Å². The van der Waals surface area contributed by atoms with Gasteiger partial charge in [0, 0.05) is 24.0 Å². The van der Waals surface area contributed by atoms with Gasteiger partial charge in [0.05, 0.1) is 0 Å². The van der Waals surface area contributed by atoms with Crippen LogP contribution in [0.5, 0.6) is 5.75 Å². The summed E-state index contributed by atoms with van der Waals surface area (Å²) in [5.74, 6) is 0.136. The maximum atomic E-state index is 13.0. The predicted octanol–water partition coefficient (Wildman–Crippen LogP) is 3.74. The molecule has 0 spiro atoms. The van der Waals surface area contributed by atoms with Gasteiger partial charge in [0.15, 0.2) is 0 Å². The first-order valence-electron chi connectivity index (χ1n) is 9.50. The number of nitrogens with zero attached hydrogens (tertiary/aromatic N) is 1. The Labute approximate surface area is 162 Å². The third-order valence-corrected chi connectivity index (χ3v) is 5.29. The molecule has 1 aliphatic rings. The smallest absolute Gasteiger partial charge is 0.270 e. The van der Waals surface area contributed by atoms with Gasteiger partial charge in [-0.3, -0.25) is 4.79 Å². The van der Waals surface area contributed by atoms with Crippen molar-refractivity contribution in [1.29, 1.82) is 0 Å². The van der Waals surface area contributed by atoms with Crippen molar-refractivity contribution in [3.8, 4) is 5.75 Å². The number of benzene rings is 2. The fraction of sp³-hybridized carbons (Fsp3) is 0.318. The Hall–Kier alpha value is -2.86. The molecule has 1 aromatic heterocycles. The molecule has 1 saturated heterocycles. The van der Waals surface area contributed by atoms with Gasteiger partial charge in [-0.05, 0) is 55.7 Å². The number of ether oxygens (including phenoxy) is 1. The molecule has 4 rings (SSSR count). The molecule has 2 heterocycles. The third kappa shape index (κ3) is 4.02. The number of amides is 1. The number of aromatic nitrogens is 1. The molecule has 3 aromatic rings. The Balaban J connectivity index is 1.39. The molecule has 2 N–H and O–H groups in total. The second-order valence-corrected chi connectivity index (χ2v) is 7.38. The second-order valence-electron chi connectivity index (χ2n) is 7.38. The van der Waals surface area contributed by atoms with E-state index in [4.69, 9.17) is 4.74 Å². The van der Waals surface area contributed by atoms with Crippen molar-refractivity contribution in [2.24, 2.45) is 0 Å². The first-order chi connectivity index (χ1) is 13.5. The molecule has 1 aliphatic heterocycles. The van der Waals surface area contributed by atoms with Crippen molar-refractivity contribution in [3.63, 3.8) is 0 Å². The average Bonchev–Trinajstić information content (AvgIpc) is 3.04. The summed E-state index contributed by atoms with van der Waals surface area (Å²) >= 11 is 0. The molecule has 0 radical (unpaired) electrons. The van der Waals surface area contributed by atoms with E-state index in [0.29, 0.717) is 43.8 Å². The lowest BCUT2D eigenvalue weighted by atomic mass is 9.96. The van der Waals surface area contributed by atoms with E-state index in [1.165, 1.54) is 12.1 Å². The van der Waals surface area contributed by atoms with Crippen LogP contribution in [-0.2, 0) is 0 Å². The second kappa shape index (κ2) is 7.64. The number of aromatic amines is 1. The van der Waals surface area contributed by atoms with E-state index < -0.39 is 5.60 Å². The molecule has 0 aliphatic carbocycles. The van der Waals surface area contributed by atoms with Crippen LogP contribution in [0, 0.1) is 5.82 Å². The largest absolute Gasteiger partial charge is 0.491 e. The van der Waals surface area contributed by atoms with E-state index in [2.05, 4.69) is 4.98 Å². The highest BCUT2D eigenvalue weighted by molar-refractivity contribution is 5.98. The predicted molar refractivity (Wildman–Crippen MR) is 105 cm³/mol. The molecule has 1 amide bonds. The molecule has 2 aromatic carbocycles. The molecule has 6 heteroatoms. The number of likely N-dealkylation sites (tertiary alicyclic amines) is 1. The van der Waals surface area contributed by atoms with Crippen molar-refractivity contribution in [3.05, 3.63) is 66.1 Å². The van der Waals surface area contributed by atoms with E-state index in [9.17, 15) is 14.3 Å². The number of para-hydroxylation sites is 1. The Morgan fingerprint density at radius 2 is 1.93 bits per heavy atom. The fourth-order valence-electron chi connectivity index (χ4n) is 3.63. The van der Waals surface area contributed by atoms with E-state index in [1.54, 1.807) is 17.0 Å². The van der Waals surface area contributed by atoms with Crippen LogP contribution in [0.4, 0.5) is 4.39 Å². The molecular formula is C22H23FN2O3. The standard InChI is InChI=1S/C22H23FN2O3/c23-17-6-8-18(9-7-17)28-15-22(27)10-3-12-25(13-11-22)21(26)20-14-16-4-1-2-5-19(16)24-20/h1-2,4-9,14,24,27H,3,10-13,15H2. The lowest BCUT2D eigenvalue weighted by Gasteiger charge is -2.27. The molecule has 0 saturated carbocycles. The maximum Gasteiger partial charge on any atom is 0.270 e. The number of hydrogen-bond donors (Lipinski definition) is 2. The zero-order valence-corrected chi connectivity index (χ0v) is 15.5. The van der Waals surface area contributed by atoms with E-state index in [0.717, 1.165) is 10.9 Å². The first kappa shape index (κ1) is 18.5. The summed E-state index contributed by atoms with van der Waals surface area (Å²) in [6, 6.07) is 15.4. The van der Waals surface area contributed by atoms with Crippen molar-refractivity contribution in [2.45, 2.75) is 24.9 Å². The van der Waals surface area contributed by atoms with Gasteiger partial charge in [0.25, 0.3) is 5.91 Å². The number of carbonyl (C=O) groups is 1. The van der Waals surface area contributed by atoms with Crippen LogP contribution in [0.2, 0.25) is 0 Å². The number of nitrogens with one attached hydrogen (secondary N) is 1. The van der Waals surface area contributed by atoms with Crippen LogP contribution >= 0.6 is 0 Å². The zero-order valence-electron chi connectivity index (χ0n) is 15.5. The summed E-state index contributed by atoms with van der Waals surface area (Å²) in [7, 11) is 0. The lowest BCUT2D eigenvalue weighted by Crippen LogP contribution is -2.38. The number of fused-ring (bicyclic) bond motifs is 1. The summed E-state index contributed by atoms with van der Waals surface area (Å²) in [5, 5.41) is 11.9. The highest BCUT2D eigenvalue weighted by Crippen LogP contribution is 2.25. The van der Waals surface area contributed by atoms with Gasteiger partial charge in [-0.25, -0.2) is 4.39 Å². The van der Waals surface area contributed by atoms with Crippen molar-refractivity contribution >= 4 is 16.8 Å². The minimum atomic E-state index is -1.01. The monoisotopic (exact) mass is 382 g/mol. The zero-order chi connectivity index (χ0) is 19.6. The number of hydrogen-bond acceptors (Lipinski definition) is 3. The summed E-state index contributed by atoms with van der Waals surface area (Å²) in [4.78, 5) is 17.8. The number of halogens is 1. The normalized spacial score (nSPS) is 20.1. The summed E-state index contributed by atoms with van der Waals surface area (Å²) in [5.41, 5.74) is 0.489. The van der Waals surface area contributed by atoms with Crippen molar-refractivity contribution < 1.29 is 19.0 Å². The number of rotatable bonds is 4. The van der Waals surface area contributed by atoms with E-state index in [1.807, 2.05) is 30.3 Å².